The SMILES string of the molecule is O=C(NCc1nccs1)C1CCC(=O)N1Cc1ccc2c(c1)OCO2. The summed E-state index contributed by atoms with van der Waals surface area (Å²) in [4.78, 5) is 30.5. The summed E-state index contributed by atoms with van der Waals surface area (Å²) >= 11 is 1.49. The lowest BCUT2D eigenvalue weighted by Gasteiger charge is -2.24. The van der Waals surface area contributed by atoms with E-state index in [0.717, 1.165) is 10.6 Å². The Balaban J connectivity index is 1.43. The molecule has 0 radical (unpaired) electrons. The van der Waals surface area contributed by atoms with Gasteiger partial charge in [0.05, 0.1) is 6.54 Å². The number of hydrogen-bond donors (Lipinski definition) is 1. The Kier molecular flexibility index (Phi) is 4.27. The topological polar surface area (TPSA) is 80.8 Å². The smallest absolute Gasteiger partial charge is 0.243 e. The number of carbonyl (C=O) groups excluding carboxylic acids is 2. The Bertz CT molecular complexity index is 793. The van der Waals surface area contributed by atoms with Crippen molar-refractivity contribution in [3.63, 3.8) is 0 Å². The summed E-state index contributed by atoms with van der Waals surface area (Å²) in [5.41, 5.74) is 0.914. The molecule has 1 saturated heterocycles. The number of carbonyl (C=O) groups is 2. The molecule has 1 N–H and O–H groups in total. The average molecular weight is 359 g/mol. The standard InChI is InChI=1S/C17H17N3O4S/c21-16-4-2-12(17(22)19-8-15-18-5-6-25-15)20(16)9-11-1-3-13-14(7-11)24-10-23-13/h1,3,5-7,12H,2,4,8-10H2,(H,19,22). The van der Waals surface area contributed by atoms with Gasteiger partial charge in [0.2, 0.25) is 18.6 Å². The number of benzene rings is 1. The monoisotopic (exact) mass is 359 g/mol. The van der Waals surface area contributed by atoms with Crippen molar-refractivity contribution in [3.8, 4) is 11.5 Å². The lowest BCUT2D eigenvalue weighted by Crippen LogP contribution is -2.44. The van der Waals surface area contributed by atoms with Crippen molar-refractivity contribution in [2.24, 2.45) is 0 Å². The predicted octanol–water partition coefficient (Wildman–Crippen LogP) is 1.68. The van der Waals surface area contributed by atoms with Gasteiger partial charge < -0.3 is 19.7 Å². The van der Waals surface area contributed by atoms with Crippen molar-refractivity contribution in [3.05, 3.63) is 40.3 Å². The fourth-order valence-corrected chi connectivity index (χ4v) is 3.62. The first-order chi connectivity index (χ1) is 12.2. The largest absolute Gasteiger partial charge is 0.454 e. The molecule has 2 aliphatic rings. The summed E-state index contributed by atoms with van der Waals surface area (Å²) in [5.74, 6) is 1.23. The molecule has 25 heavy (non-hydrogen) atoms. The number of amides is 2. The van der Waals surface area contributed by atoms with Crippen LogP contribution < -0.4 is 14.8 Å². The van der Waals surface area contributed by atoms with Crippen LogP contribution in [-0.4, -0.2) is 34.5 Å². The van der Waals surface area contributed by atoms with Crippen LogP contribution in [0.5, 0.6) is 11.5 Å². The van der Waals surface area contributed by atoms with Crippen molar-refractivity contribution in [1.29, 1.82) is 0 Å². The predicted molar refractivity (Wildman–Crippen MR) is 90.1 cm³/mol. The number of hydrogen-bond acceptors (Lipinski definition) is 6. The third-order valence-electron chi connectivity index (χ3n) is 4.32. The van der Waals surface area contributed by atoms with Gasteiger partial charge >= 0.3 is 0 Å². The molecule has 7 nitrogen and oxygen atoms in total. The minimum absolute atomic E-state index is 0.00735. The lowest BCUT2D eigenvalue weighted by atomic mass is 10.1. The van der Waals surface area contributed by atoms with Crippen molar-refractivity contribution in [2.75, 3.05) is 6.79 Å². The molecule has 2 aliphatic heterocycles. The Hall–Kier alpha value is -2.61. The zero-order valence-corrected chi connectivity index (χ0v) is 14.3. The molecule has 1 aromatic heterocycles. The maximum absolute atomic E-state index is 12.5. The van der Waals surface area contributed by atoms with Crippen LogP contribution in [0.4, 0.5) is 0 Å². The minimum atomic E-state index is -0.446. The molecule has 0 bridgehead atoms. The van der Waals surface area contributed by atoms with Crippen LogP contribution in [0.15, 0.2) is 29.8 Å². The van der Waals surface area contributed by atoms with Crippen molar-refractivity contribution in [1.82, 2.24) is 15.2 Å². The number of ether oxygens (including phenoxy) is 2. The number of nitrogens with one attached hydrogen (secondary N) is 1. The highest BCUT2D eigenvalue weighted by Gasteiger charge is 2.36. The van der Waals surface area contributed by atoms with E-state index in [0.29, 0.717) is 37.4 Å². The number of likely N-dealkylation sites (tertiary alicyclic amines) is 1. The van der Waals surface area contributed by atoms with E-state index in [9.17, 15) is 9.59 Å². The number of rotatable bonds is 5. The van der Waals surface area contributed by atoms with Gasteiger partial charge in [-0.25, -0.2) is 4.98 Å². The van der Waals surface area contributed by atoms with E-state index in [1.807, 2.05) is 23.6 Å². The first-order valence-corrected chi connectivity index (χ1v) is 8.93. The Morgan fingerprint density at radius 2 is 2.24 bits per heavy atom. The number of fused-ring (bicyclic) bond motifs is 1. The first kappa shape index (κ1) is 15.9. The first-order valence-electron chi connectivity index (χ1n) is 8.05. The van der Waals surface area contributed by atoms with Gasteiger partial charge in [0.25, 0.3) is 0 Å². The zero-order valence-electron chi connectivity index (χ0n) is 13.4. The second kappa shape index (κ2) is 6.72. The third-order valence-corrected chi connectivity index (χ3v) is 5.10. The molecular weight excluding hydrogens is 342 g/mol. The van der Waals surface area contributed by atoms with Crippen LogP contribution in [0.3, 0.4) is 0 Å². The average Bonchev–Trinajstić information content (AvgIpc) is 3.35. The number of thiazole rings is 1. The molecule has 1 fully saturated rings. The van der Waals surface area contributed by atoms with E-state index in [1.165, 1.54) is 11.3 Å². The van der Waals surface area contributed by atoms with E-state index in [2.05, 4.69) is 10.3 Å². The molecule has 0 aliphatic carbocycles. The highest BCUT2D eigenvalue weighted by Crippen LogP contribution is 2.33. The van der Waals surface area contributed by atoms with Crippen molar-refractivity contribution >= 4 is 23.2 Å². The normalized spacial score (nSPS) is 18.6. The fourth-order valence-electron chi connectivity index (χ4n) is 3.06. The summed E-state index contributed by atoms with van der Waals surface area (Å²) in [5, 5.41) is 5.59. The molecule has 130 valence electrons. The lowest BCUT2D eigenvalue weighted by molar-refractivity contribution is -0.135. The van der Waals surface area contributed by atoms with Crippen LogP contribution >= 0.6 is 11.3 Å². The Morgan fingerprint density at radius 3 is 3.08 bits per heavy atom. The molecule has 3 heterocycles. The van der Waals surface area contributed by atoms with E-state index in [1.54, 1.807) is 11.1 Å². The van der Waals surface area contributed by atoms with Gasteiger partial charge in [0.1, 0.15) is 11.0 Å². The quantitative estimate of drug-likeness (QED) is 0.878. The van der Waals surface area contributed by atoms with Gasteiger partial charge in [0.15, 0.2) is 11.5 Å². The summed E-state index contributed by atoms with van der Waals surface area (Å²) < 4.78 is 10.7. The summed E-state index contributed by atoms with van der Waals surface area (Å²) in [6.07, 6.45) is 2.63. The van der Waals surface area contributed by atoms with Gasteiger partial charge in [0, 0.05) is 24.5 Å². The molecule has 2 amide bonds. The van der Waals surface area contributed by atoms with E-state index < -0.39 is 6.04 Å². The van der Waals surface area contributed by atoms with Crippen LogP contribution in [0.2, 0.25) is 0 Å². The van der Waals surface area contributed by atoms with Crippen LogP contribution in [-0.2, 0) is 22.7 Å². The molecule has 8 heteroatoms. The van der Waals surface area contributed by atoms with Gasteiger partial charge in [-0.2, -0.15) is 0 Å². The van der Waals surface area contributed by atoms with Crippen molar-refractivity contribution < 1.29 is 19.1 Å². The molecule has 4 rings (SSSR count). The van der Waals surface area contributed by atoms with E-state index in [-0.39, 0.29) is 18.6 Å². The molecule has 1 atom stereocenters. The Labute approximate surface area is 148 Å². The molecule has 1 aromatic carbocycles. The van der Waals surface area contributed by atoms with Gasteiger partial charge in [-0.05, 0) is 24.1 Å². The maximum atomic E-state index is 12.5. The highest BCUT2D eigenvalue weighted by molar-refractivity contribution is 7.09. The van der Waals surface area contributed by atoms with Crippen LogP contribution in [0.1, 0.15) is 23.4 Å². The van der Waals surface area contributed by atoms with Crippen molar-refractivity contribution in [2.45, 2.75) is 32.0 Å². The molecule has 1 unspecified atom stereocenters. The van der Waals surface area contributed by atoms with Crippen LogP contribution in [0, 0.1) is 0 Å². The van der Waals surface area contributed by atoms with Crippen LogP contribution in [0.25, 0.3) is 0 Å². The number of nitrogens with zero attached hydrogens (tertiary/aromatic N) is 2. The van der Waals surface area contributed by atoms with Gasteiger partial charge in [-0.15, -0.1) is 11.3 Å². The molecule has 0 saturated carbocycles. The van der Waals surface area contributed by atoms with Gasteiger partial charge in [-0.1, -0.05) is 6.07 Å². The van der Waals surface area contributed by atoms with Gasteiger partial charge in [-0.3, -0.25) is 9.59 Å². The zero-order chi connectivity index (χ0) is 17.2. The maximum Gasteiger partial charge on any atom is 0.243 e. The fraction of sp³-hybridized carbons (Fsp3) is 0.353. The van der Waals surface area contributed by atoms with E-state index in [4.69, 9.17) is 9.47 Å². The van der Waals surface area contributed by atoms with E-state index >= 15 is 0 Å². The Morgan fingerprint density at radius 1 is 1.36 bits per heavy atom. The highest BCUT2D eigenvalue weighted by atomic mass is 32.1. The molecule has 0 spiro atoms. The second-order valence-corrected chi connectivity index (χ2v) is 6.89. The molecular formula is C17H17N3O4S. The summed E-state index contributed by atoms with van der Waals surface area (Å²) in [7, 11) is 0. The summed E-state index contributed by atoms with van der Waals surface area (Å²) in [6.45, 7) is 0.979. The third kappa shape index (κ3) is 3.30. The minimum Gasteiger partial charge on any atom is -0.454 e. The number of aromatic nitrogens is 1. The summed E-state index contributed by atoms with van der Waals surface area (Å²) in [6, 6.07) is 5.13. The second-order valence-electron chi connectivity index (χ2n) is 5.91. The molecule has 2 aromatic rings.